The topological polar surface area (TPSA) is 54.0 Å². The number of carbonyl (C=O) groups is 1. The molecule has 5 nitrogen and oxygen atoms in total. The van der Waals surface area contributed by atoms with E-state index in [9.17, 15) is 4.79 Å². The first-order chi connectivity index (χ1) is 7.79. The highest BCUT2D eigenvalue weighted by Crippen LogP contribution is 2.13. The van der Waals surface area contributed by atoms with Gasteiger partial charge in [-0.2, -0.15) is 0 Å². The summed E-state index contributed by atoms with van der Waals surface area (Å²) in [5, 5.41) is 0. The van der Waals surface area contributed by atoms with E-state index in [4.69, 9.17) is 18.9 Å². The van der Waals surface area contributed by atoms with Crippen molar-refractivity contribution in [2.75, 3.05) is 33.0 Å². The molecule has 0 radical (unpaired) electrons. The van der Waals surface area contributed by atoms with Gasteiger partial charge < -0.3 is 18.9 Å². The summed E-state index contributed by atoms with van der Waals surface area (Å²) < 4.78 is 20.8. The van der Waals surface area contributed by atoms with E-state index in [0.717, 1.165) is 25.9 Å². The highest BCUT2D eigenvalue weighted by atomic mass is 16.7. The van der Waals surface area contributed by atoms with Crippen LogP contribution < -0.4 is 0 Å². The Morgan fingerprint density at radius 3 is 2.75 bits per heavy atom. The Bertz CT molecular complexity index is 189. The van der Waals surface area contributed by atoms with E-state index in [-0.39, 0.29) is 12.3 Å². The van der Waals surface area contributed by atoms with Crippen LogP contribution in [-0.2, 0) is 23.7 Å². The van der Waals surface area contributed by atoms with Gasteiger partial charge in [0.1, 0.15) is 6.61 Å². The van der Waals surface area contributed by atoms with Gasteiger partial charge in [-0.05, 0) is 19.3 Å². The molecule has 0 amide bonds. The van der Waals surface area contributed by atoms with Crippen molar-refractivity contribution in [3.63, 3.8) is 0 Å². The molecular formula is C11H20O5. The number of hydrogen-bond donors (Lipinski definition) is 0. The number of carbonyl (C=O) groups excluding carboxylic acids is 1. The number of hydrogen-bond acceptors (Lipinski definition) is 5. The third kappa shape index (κ3) is 6.76. The molecule has 1 aliphatic heterocycles. The zero-order chi connectivity index (χ0) is 11.6. The van der Waals surface area contributed by atoms with Gasteiger partial charge in [0.15, 0.2) is 6.29 Å². The van der Waals surface area contributed by atoms with Crippen LogP contribution in [-0.4, -0.2) is 45.3 Å². The van der Waals surface area contributed by atoms with Crippen molar-refractivity contribution in [2.45, 2.75) is 32.5 Å². The Balaban J connectivity index is 1.82. The third-order valence-electron chi connectivity index (χ3n) is 2.20. The van der Waals surface area contributed by atoms with Crippen LogP contribution in [0.4, 0.5) is 0 Å². The Labute approximate surface area is 96.0 Å². The lowest BCUT2D eigenvalue weighted by Crippen LogP contribution is -2.24. The van der Waals surface area contributed by atoms with E-state index in [1.165, 1.54) is 6.92 Å². The van der Waals surface area contributed by atoms with Crippen LogP contribution >= 0.6 is 0 Å². The summed E-state index contributed by atoms with van der Waals surface area (Å²) in [6.07, 6.45) is 3.19. The molecule has 0 saturated carbocycles. The maximum atomic E-state index is 10.4. The van der Waals surface area contributed by atoms with Crippen molar-refractivity contribution in [1.82, 2.24) is 0 Å². The van der Waals surface area contributed by atoms with Gasteiger partial charge in [0.05, 0.1) is 19.8 Å². The lowest BCUT2D eigenvalue weighted by atomic mass is 10.2. The molecule has 0 N–H and O–H groups in total. The van der Waals surface area contributed by atoms with Crippen LogP contribution in [0.15, 0.2) is 0 Å². The molecule has 1 unspecified atom stereocenters. The van der Waals surface area contributed by atoms with Gasteiger partial charge in [-0.3, -0.25) is 4.79 Å². The summed E-state index contributed by atoms with van der Waals surface area (Å²) in [5.41, 5.74) is 0. The molecule has 1 saturated heterocycles. The number of ether oxygens (including phenoxy) is 4. The van der Waals surface area contributed by atoms with Crippen LogP contribution in [0, 0.1) is 0 Å². The van der Waals surface area contributed by atoms with Crippen molar-refractivity contribution in [3.05, 3.63) is 0 Å². The molecule has 0 aromatic rings. The zero-order valence-corrected chi connectivity index (χ0v) is 9.78. The van der Waals surface area contributed by atoms with Crippen LogP contribution in [0.5, 0.6) is 0 Å². The standard InChI is InChI=1S/C11H20O5/c1-10(12)14-8-6-13-7-9-16-11-4-2-3-5-15-11/h11H,2-9H2,1H3. The highest BCUT2D eigenvalue weighted by Gasteiger charge is 2.13. The van der Waals surface area contributed by atoms with Gasteiger partial charge in [-0.25, -0.2) is 0 Å². The summed E-state index contributed by atoms with van der Waals surface area (Å²) in [7, 11) is 0. The first-order valence-corrected chi connectivity index (χ1v) is 5.73. The maximum absolute atomic E-state index is 10.4. The van der Waals surface area contributed by atoms with Gasteiger partial charge in [0, 0.05) is 13.5 Å². The van der Waals surface area contributed by atoms with Crippen LogP contribution in [0.2, 0.25) is 0 Å². The molecule has 1 heterocycles. The highest BCUT2D eigenvalue weighted by molar-refractivity contribution is 5.65. The minimum absolute atomic E-state index is 0.0641. The lowest BCUT2D eigenvalue weighted by molar-refractivity contribution is -0.169. The second-order valence-corrected chi connectivity index (χ2v) is 3.62. The summed E-state index contributed by atoms with van der Waals surface area (Å²) >= 11 is 0. The second kappa shape index (κ2) is 8.50. The fourth-order valence-electron chi connectivity index (χ4n) is 1.43. The Morgan fingerprint density at radius 1 is 1.25 bits per heavy atom. The molecular weight excluding hydrogens is 212 g/mol. The fraction of sp³-hybridized carbons (Fsp3) is 0.909. The lowest BCUT2D eigenvalue weighted by Gasteiger charge is -2.22. The summed E-state index contributed by atoms with van der Waals surface area (Å²) in [6, 6.07) is 0. The molecule has 1 atom stereocenters. The van der Waals surface area contributed by atoms with E-state index < -0.39 is 0 Å². The molecule has 1 fully saturated rings. The van der Waals surface area contributed by atoms with Crippen molar-refractivity contribution >= 4 is 5.97 Å². The molecule has 16 heavy (non-hydrogen) atoms. The Kier molecular flexibility index (Phi) is 7.12. The molecule has 0 bridgehead atoms. The van der Waals surface area contributed by atoms with Crippen molar-refractivity contribution < 1.29 is 23.7 Å². The zero-order valence-electron chi connectivity index (χ0n) is 9.78. The van der Waals surface area contributed by atoms with E-state index in [2.05, 4.69) is 0 Å². The third-order valence-corrected chi connectivity index (χ3v) is 2.20. The van der Waals surface area contributed by atoms with Gasteiger partial charge in [0.2, 0.25) is 0 Å². The minimum atomic E-state index is -0.282. The van der Waals surface area contributed by atoms with Crippen molar-refractivity contribution in [1.29, 1.82) is 0 Å². The molecule has 0 aliphatic carbocycles. The molecule has 1 aliphatic rings. The number of esters is 1. The van der Waals surface area contributed by atoms with Gasteiger partial charge in [-0.15, -0.1) is 0 Å². The predicted molar refractivity (Wildman–Crippen MR) is 57.0 cm³/mol. The summed E-state index contributed by atoms with van der Waals surface area (Å²) in [4.78, 5) is 10.4. The van der Waals surface area contributed by atoms with E-state index in [1.54, 1.807) is 0 Å². The van der Waals surface area contributed by atoms with E-state index in [0.29, 0.717) is 26.4 Å². The van der Waals surface area contributed by atoms with Gasteiger partial charge in [0.25, 0.3) is 0 Å². The SMILES string of the molecule is CC(=O)OCCOCCOC1CCCCO1. The van der Waals surface area contributed by atoms with E-state index in [1.807, 2.05) is 0 Å². The maximum Gasteiger partial charge on any atom is 0.302 e. The quantitative estimate of drug-likeness (QED) is 0.486. The van der Waals surface area contributed by atoms with E-state index >= 15 is 0 Å². The fourth-order valence-corrected chi connectivity index (χ4v) is 1.43. The van der Waals surface area contributed by atoms with Crippen molar-refractivity contribution in [2.24, 2.45) is 0 Å². The second-order valence-electron chi connectivity index (χ2n) is 3.62. The monoisotopic (exact) mass is 232 g/mol. The van der Waals surface area contributed by atoms with Crippen LogP contribution in [0.1, 0.15) is 26.2 Å². The Hall–Kier alpha value is -0.650. The average molecular weight is 232 g/mol. The predicted octanol–water partition coefficient (Wildman–Crippen LogP) is 1.11. The molecule has 1 rings (SSSR count). The summed E-state index contributed by atoms with van der Waals surface area (Å²) in [6.45, 7) is 3.90. The first-order valence-electron chi connectivity index (χ1n) is 5.73. The van der Waals surface area contributed by atoms with Crippen molar-refractivity contribution in [3.8, 4) is 0 Å². The molecule has 94 valence electrons. The van der Waals surface area contributed by atoms with Gasteiger partial charge in [-0.1, -0.05) is 0 Å². The summed E-state index contributed by atoms with van der Waals surface area (Å²) in [5.74, 6) is -0.282. The van der Waals surface area contributed by atoms with Crippen LogP contribution in [0.25, 0.3) is 0 Å². The molecule has 5 heteroatoms. The Morgan fingerprint density at radius 2 is 2.06 bits per heavy atom. The smallest absolute Gasteiger partial charge is 0.302 e. The average Bonchev–Trinajstić information content (AvgIpc) is 2.29. The first kappa shape index (κ1) is 13.4. The van der Waals surface area contributed by atoms with Crippen LogP contribution in [0.3, 0.4) is 0 Å². The largest absolute Gasteiger partial charge is 0.463 e. The number of rotatable bonds is 7. The molecule has 0 aromatic heterocycles. The molecule has 0 aromatic carbocycles. The normalized spacial score (nSPS) is 20.7. The molecule has 0 spiro atoms. The minimum Gasteiger partial charge on any atom is -0.463 e. The van der Waals surface area contributed by atoms with Gasteiger partial charge >= 0.3 is 5.97 Å².